The molecule has 3 atom stereocenters. The molecule has 0 bridgehead atoms. The average Bonchev–Trinajstić information content (AvgIpc) is 2.79. The van der Waals surface area contributed by atoms with Crippen LogP contribution in [0.1, 0.15) is 27.2 Å². The summed E-state index contributed by atoms with van der Waals surface area (Å²) in [6.45, 7) is 5.24. The van der Waals surface area contributed by atoms with Crippen LogP contribution in [0.15, 0.2) is 0 Å². The number of carboxylic acid groups (broad SMARTS) is 1. The molecular formula is C12H19N3O4S. The summed E-state index contributed by atoms with van der Waals surface area (Å²) in [5, 5.41) is 9.22. The molecule has 2 heterocycles. The summed E-state index contributed by atoms with van der Waals surface area (Å²) in [6, 6.07) is -1.37. The van der Waals surface area contributed by atoms with Crippen molar-refractivity contribution in [2.45, 2.75) is 50.2 Å². The van der Waals surface area contributed by atoms with Crippen molar-refractivity contribution in [2.24, 2.45) is 5.73 Å². The van der Waals surface area contributed by atoms with Crippen molar-refractivity contribution in [2.75, 3.05) is 5.75 Å². The fourth-order valence-electron chi connectivity index (χ4n) is 2.83. The van der Waals surface area contributed by atoms with Gasteiger partial charge in [-0.15, -0.1) is 11.8 Å². The summed E-state index contributed by atoms with van der Waals surface area (Å²) in [6.07, 6.45) is -0.728. The number of amides is 3. The molecule has 2 fully saturated rings. The lowest BCUT2D eigenvalue weighted by Crippen LogP contribution is -2.55. The van der Waals surface area contributed by atoms with Gasteiger partial charge < -0.3 is 15.7 Å². The Hall–Kier alpha value is -1.44. The van der Waals surface area contributed by atoms with E-state index < -0.39 is 29.6 Å². The zero-order valence-corrected chi connectivity index (χ0v) is 12.5. The van der Waals surface area contributed by atoms with E-state index in [1.54, 1.807) is 20.8 Å². The van der Waals surface area contributed by atoms with E-state index in [2.05, 4.69) is 0 Å². The zero-order chi connectivity index (χ0) is 15.2. The van der Waals surface area contributed by atoms with Crippen LogP contribution in [-0.2, 0) is 9.59 Å². The van der Waals surface area contributed by atoms with Crippen molar-refractivity contribution in [1.82, 2.24) is 9.80 Å². The van der Waals surface area contributed by atoms with E-state index >= 15 is 0 Å². The van der Waals surface area contributed by atoms with Crippen LogP contribution >= 0.6 is 11.8 Å². The number of rotatable bonds is 2. The highest BCUT2D eigenvalue weighted by atomic mass is 32.2. The molecule has 0 spiro atoms. The highest BCUT2D eigenvalue weighted by Crippen LogP contribution is 2.40. The van der Waals surface area contributed by atoms with Crippen molar-refractivity contribution in [3.8, 4) is 0 Å². The number of carbonyl (C=O) groups excluding carboxylic acids is 2. The van der Waals surface area contributed by atoms with Gasteiger partial charge >= 0.3 is 6.09 Å². The number of carbonyl (C=O) groups is 3. The third kappa shape index (κ3) is 2.32. The Morgan fingerprint density at radius 2 is 2.05 bits per heavy atom. The Bertz CT molecular complexity index is 462. The number of fused-ring (bicyclic) bond motifs is 1. The molecule has 20 heavy (non-hydrogen) atoms. The quantitative estimate of drug-likeness (QED) is 0.763. The lowest BCUT2D eigenvalue weighted by Gasteiger charge is -2.37. The largest absolute Gasteiger partial charge is 0.465 e. The first-order chi connectivity index (χ1) is 9.14. The summed E-state index contributed by atoms with van der Waals surface area (Å²) in [5.41, 5.74) is 4.63. The maximum Gasteiger partial charge on any atom is 0.408 e. The predicted molar refractivity (Wildman–Crippen MR) is 74.1 cm³/mol. The number of nitrogens with two attached hydrogens (primary N) is 1. The second kappa shape index (κ2) is 4.83. The van der Waals surface area contributed by atoms with Gasteiger partial charge in [-0.2, -0.15) is 0 Å². The Morgan fingerprint density at radius 1 is 1.45 bits per heavy atom. The molecule has 3 unspecified atom stereocenters. The Balaban J connectivity index is 2.27. The normalized spacial score (nSPS) is 29.4. The third-order valence-corrected chi connectivity index (χ3v) is 4.94. The van der Waals surface area contributed by atoms with E-state index in [4.69, 9.17) is 5.73 Å². The maximum atomic E-state index is 12.5. The van der Waals surface area contributed by atoms with Gasteiger partial charge in [-0.3, -0.25) is 14.5 Å². The molecule has 7 nitrogen and oxygen atoms in total. The molecule has 0 radical (unpaired) electrons. The van der Waals surface area contributed by atoms with Crippen LogP contribution < -0.4 is 5.73 Å². The molecule has 2 saturated heterocycles. The van der Waals surface area contributed by atoms with Gasteiger partial charge in [0, 0.05) is 17.7 Å². The summed E-state index contributed by atoms with van der Waals surface area (Å²) >= 11 is 1.48. The second-order valence-corrected chi connectivity index (χ2v) is 7.24. The number of hydrogen-bond donors (Lipinski definition) is 2. The molecule has 2 aliphatic heterocycles. The second-order valence-electron chi connectivity index (χ2n) is 6.03. The van der Waals surface area contributed by atoms with Gasteiger partial charge in [-0.05, 0) is 20.8 Å². The molecule has 0 aromatic rings. The maximum absolute atomic E-state index is 12.5. The monoisotopic (exact) mass is 301 g/mol. The van der Waals surface area contributed by atoms with Crippen molar-refractivity contribution >= 4 is 29.7 Å². The summed E-state index contributed by atoms with van der Waals surface area (Å²) in [5.74, 6) is -0.367. The van der Waals surface area contributed by atoms with E-state index in [1.807, 2.05) is 0 Å². The third-order valence-electron chi connectivity index (χ3n) is 3.63. The van der Waals surface area contributed by atoms with Gasteiger partial charge in [0.15, 0.2) is 0 Å². The molecule has 2 aliphatic rings. The predicted octanol–water partition coefficient (Wildman–Crippen LogP) is 0.293. The molecular weight excluding hydrogens is 282 g/mol. The summed E-state index contributed by atoms with van der Waals surface area (Å²) in [7, 11) is 0. The first-order valence-electron chi connectivity index (χ1n) is 6.40. The Kier molecular flexibility index (Phi) is 3.62. The van der Waals surface area contributed by atoms with Gasteiger partial charge in [0.25, 0.3) is 0 Å². The lowest BCUT2D eigenvalue weighted by molar-refractivity contribution is -0.138. The first-order valence-corrected chi connectivity index (χ1v) is 7.45. The highest BCUT2D eigenvalue weighted by molar-refractivity contribution is 8.00. The zero-order valence-electron chi connectivity index (χ0n) is 11.7. The van der Waals surface area contributed by atoms with Gasteiger partial charge in [0.1, 0.15) is 12.1 Å². The number of nitrogens with zero attached hydrogens (tertiary/aromatic N) is 2. The molecule has 0 saturated carbocycles. The topological polar surface area (TPSA) is 104 Å². The number of primary amides is 1. The van der Waals surface area contributed by atoms with Gasteiger partial charge in [-0.25, -0.2) is 4.79 Å². The van der Waals surface area contributed by atoms with Gasteiger partial charge in [0.05, 0.1) is 5.37 Å². The molecule has 0 aromatic heterocycles. The van der Waals surface area contributed by atoms with Crippen LogP contribution in [0, 0.1) is 0 Å². The van der Waals surface area contributed by atoms with Gasteiger partial charge in [-0.1, -0.05) is 0 Å². The van der Waals surface area contributed by atoms with Crippen LogP contribution in [0.25, 0.3) is 0 Å². The van der Waals surface area contributed by atoms with Gasteiger partial charge in [0.2, 0.25) is 11.8 Å². The summed E-state index contributed by atoms with van der Waals surface area (Å²) < 4.78 is 0. The van der Waals surface area contributed by atoms with E-state index in [1.165, 1.54) is 21.6 Å². The van der Waals surface area contributed by atoms with Crippen LogP contribution in [0.4, 0.5) is 4.79 Å². The number of hydrogen-bond acceptors (Lipinski definition) is 4. The van der Waals surface area contributed by atoms with Crippen LogP contribution in [0.3, 0.4) is 0 Å². The molecule has 8 heteroatoms. The lowest BCUT2D eigenvalue weighted by atomic mass is 10.0. The van der Waals surface area contributed by atoms with E-state index in [9.17, 15) is 19.5 Å². The standard InChI is InChI=1S/C12H19N3O4S/c1-12(2,3)15(11(18)19)6-4-8-14(10(6)17)7(5-20-8)9(13)16/h6-8H,4-5H2,1-3H3,(H2,13,16)(H,18,19). The fraction of sp³-hybridized carbons (Fsp3) is 0.750. The average molecular weight is 301 g/mol. The minimum atomic E-state index is -1.13. The minimum Gasteiger partial charge on any atom is -0.465 e. The van der Waals surface area contributed by atoms with Crippen LogP contribution in [0.5, 0.6) is 0 Å². The SMILES string of the molecule is CC(C)(C)N(C(=O)O)C1CC2SCC(C(N)=O)N2C1=O. The number of thioether (sulfide) groups is 1. The van der Waals surface area contributed by atoms with Crippen molar-refractivity contribution < 1.29 is 19.5 Å². The molecule has 0 aromatic carbocycles. The van der Waals surface area contributed by atoms with Crippen molar-refractivity contribution in [3.63, 3.8) is 0 Å². The van der Waals surface area contributed by atoms with E-state index in [-0.39, 0.29) is 11.3 Å². The highest BCUT2D eigenvalue weighted by Gasteiger charge is 2.53. The molecule has 3 amide bonds. The Morgan fingerprint density at radius 3 is 2.50 bits per heavy atom. The first kappa shape index (κ1) is 15.0. The van der Waals surface area contributed by atoms with Crippen LogP contribution in [0.2, 0.25) is 0 Å². The molecule has 0 aliphatic carbocycles. The van der Waals surface area contributed by atoms with E-state index in [0.717, 1.165) is 0 Å². The molecule has 112 valence electrons. The fourth-order valence-corrected chi connectivity index (χ4v) is 4.29. The van der Waals surface area contributed by atoms with Crippen molar-refractivity contribution in [3.05, 3.63) is 0 Å². The van der Waals surface area contributed by atoms with Crippen LogP contribution in [-0.4, -0.2) is 61.6 Å². The molecule has 2 rings (SSSR count). The van der Waals surface area contributed by atoms with E-state index in [0.29, 0.717) is 12.2 Å². The summed E-state index contributed by atoms with van der Waals surface area (Å²) in [4.78, 5) is 38.0. The smallest absolute Gasteiger partial charge is 0.408 e. The Labute approximate surface area is 121 Å². The minimum absolute atomic E-state index is 0.158. The molecule has 3 N–H and O–H groups in total. The van der Waals surface area contributed by atoms with Crippen molar-refractivity contribution in [1.29, 1.82) is 0 Å².